The maximum atomic E-state index is 12.6. The number of imide groups is 1. The third kappa shape index (κ3) is 4.39. The van der Waals surface area contributed by atoms with Crippen molar-refractivity contribution in [1.29, 1.82) is 0 Å². The van der Waals surface area contributed by atoms with Crippen LogP contribution in [0.4, 0.5) is 4.79 Å². The quantitative estimate of drug-likeness (QED) is 0.516. The van der Waals surface area contributed by atoms with Crippen LogP contribution in [0.3, 0.4) is 0 Å². The van der Waals surface area contributed by atoms with Crippen LogP contribution in [0.1, 0.15) is 18.4 Å². The standard InChI is InChI=1S/C20H22N2O5S/c1-3-10-27-15-7-6-14(11-16(15)26-2)12-17-19(24)22(20(25)28-17)13-18(23)21-8-4-5-9-21/h3,6-7,11-12H,1,4-5,8-10,13H2,2H3/b17-12-. The molecule has 0 aromatic heterocycles. The fourth-order valence-electron chi connectivity index (χ4n) is 3.03. The Labute approximate surface area is 168 Å². The summed E-state index contributed by atoms with van der Waals surface area (Å²) in [5.74, 6) is 0.433. The summed E-state index contributed by atoms with van der Waals surface area (Å²) in [6.45, 7) is 5.12. The molecule has 3 rings (SSSR count). The van der Waals surface area contributed by atoms with Gasteiger partial charge in [-0.25, -0.2) is 0 Å². The largest absolute Gasteiger partial charge is 0.493 e. The van der Waals surface area contributed by atoms with E-state index in [9.17, 15) is 14.4 Å². The van der Waals surface area contributed by atoms with E-state index >= 15 is 0 Å². The van der Waals surface area contributed by atoms with Crippen LogP contribution in [0.15, 0.2) is 35.8 Å². The molecule has 2 fully saturated rings. The van der Waals surface area contributed by atoms with Crippen molar-refractivity contribution in [2.45, 2.75) is 12.8 Å². The first-order valence-electron chi connectivity index (χ1n) is 8.98. The number of hydrogen-bond donors (Lipinski definition) is 0. The van der Waals surface area contributed by atoms with Crippen molar-refractivity contribution in [3.63, 3.8) is 0 Å². The zero-order valence-electron chi connectivity index (χ0n) is 15.7. The fraction of sp³-hybridized carbons (Fsp3) is 0.350. The maximum absolute atomic E-state index is 12.6. The minimum Gasteiger partial charge on any atom is -0.493 e. The van der Waals surface area contributed by atoms with Crippen molar-refractivity contribution in [3.05, 3.63) is 41.3 Å². The summed E-state index contributed by atoms with van der Waals surface area (Å²) in [4.78, 5) is 40.1. The van der Waals surface area contributed by atoms with E-state index in [1.165, 1.54) is 7.11 Å². The van der Waals surface area contributed by atoms with Gasteiger partial charge in [0.1, 0.15) is 13.2 Å². The van der Waals surface area contributed by atoms with Crippen LogP contribution in [0, 0.1) is 0 Å². The topological polar surface area (TPSA) is 76.2 Å². The molecule has 1 aromatic carbocycles. The molecule has 28 heavy (non-hydrogen) atoms. The predicted molar refractivity (Wildman–Crippen MR) is 107 cm³/mol. The summed E-state index contributed by atoms with van der Waals surface area (Å²) < 4.78 is 10.8. The van der Waals surface area contributed by atoms with Gasteiger partial charge in [0.25, 0.3) is 11.1 Å². The van der Waals surface area contributed by atoms with Gasteiger partial charge in [0.15, 0.2) is 11.5 Å². The monoisotopic (exact) mass is 402 g/mol. The number of hydrogen-bond acceptors (Lipinski definition) is 6. The molecule has 0 N–H and O–H groups in total. The molecule has 0 atom stereocenters. The summed E-state index contributed by atoms with van der Waals surface area (Å²) in [6.07, 6.45) is 5.17. The molecule has 3 amide bonds. The molecular weight excluding hydrogens is 380 g/mol. The summed E-state index contributed by atoms with van der Waals surface area (Å²) in [7, 11) is 1.53. The highest BCUT2D eigenvalue weighted by atomic mass is 32.2. The third-order valence-corrected chi connectivity index (χ3v) is 5.38. The average molecular weight is 402 g/mol. The molecule has 2 aliphatic rings. The van der Waals surface area contributed by atoms with Gasteiger partial charge in [-0.15, -0.1) is 0 Å². The van der Waals surface area contributed by atoms with Crippen LogP contribution in [0.25, 0.3) is 6.08 Å². The number of rotatable bonds is 7. The molecule has 0 spiro atoms. The number of benzene rings is 1. The molecule has 0 unspecified atom stereocenters. The Bertz CT molecular complexity index is 830. The molecule has 2 aliphatic heterocycles. The number of carbonyl (C=O) groups is 3. The zero-order chi connectivity index (χ0) is 20.1. The smallest absolute Gasteiger partial charge is 0.294 e. The molecule has 7 nitrogen and oxygen atoms in total. The normalized spacial score (nSPS) is 18.1. The lowest BCUT2D eigenvalue weighted by atomic mass is 10.2. The summed E-state index contributed by atoms with van der Waals surface area (Å²) >= 11 is 0.835. The van der Waals surface area contributed by atoms with E-state index in [0.29, 0.717) is 36.8 Å². The second-order valence-corrected chi connectivity index (χ2v) is 7.36. The molecule has 8 heteroatoms. The van der Waals surface area contributed by atoms with E-state index in [4.69, 9.17) is 9.47 Å². The van der Waals surface area contributed by atoms with Gasteiger partial charge in [-0.1, -0.05) is 18.7 Å². The Morgan fingerprint density at radius 2 is 2.00 bits per heavy atom. The van der Waals surface area contributed by atoms with Gasteiger partial charge in [0.05, 0.1) is 12.0 Å². The highest BCUT2D eigenvalue weighted by Gasteiger charge is 2.37. The van der Waals surface area contributed by atoms with Gasteiger partial charge in [-0.2, -0.15) is 0 Å². The summed E-state index contributed by atoms with van der Waals surface area (Å²) in [5.41, 5.74) is 0.694. The van der Waals surface area contributed by atoms with Crippen molar-refractivity contribution in [2.24, 2.45) is 0 Å². The molecular formula is C20H22N2O5S. The number of likely N-dealkylation sites (tertiary alicyclic amines) is 1. The molecule has 0 bridgehead atoms. The summed E-state index contributed by atoms with van der Waals surface area (Å²) in [5, 5.41) is -0.429. The zero-order valence-corrected chi connectivity index (χ0v) is 16.5. The lowest BCUT2D eigenvalue weighted by Crippen LogP contribution is -2.40. The molecule has 0 radical (unpaired) electrons. The second kappa shape index (κ2) is 8.97. The van der Waals surface area contributed by atoms with Crippen molar-refractivity contribution in [2.75, 3.05) is 33.4 Å². The van der Waals surface area contributed by atoms with E-state index < -0.39 is 11.1 Å². The maximum Gasteiger partial charge on any atom is 0.294 e. The van der Waals surface area contributed by atoms with E-state index in [-0.39, 0.29) is 17.4 Å². The highest BCUT2D eigenvalue weighted by Crippen LogP contribution is 2.34. The molecule has 148 valence electrons. The minimum atomic E-state index is -0.450. The number of ether oxygens (including phenoxy) is 2. The highest BCUT2D eigenvalue weighted by molar-refractivity contribution is 8.18. The van der Waals surface area contributed by atoms with Crippen molar-refractivity contribution in [3.8, 4) is 11.5 Å². The van der Waals surface area contributed by atoms with Crippen LogP contribution in [0.2, 0.25) is 0 Å². The van der Waals surface area contributed by atoms with E-state index in [1.807, 2.05) is 0 Å². The van der Waals surface area contributed by atoms with Gasteiger partial charge < -0.3 is 14.4 Å². The van der Waals surface area contributed by atoms with Crippen LogP contribution in [-0.2, 0) is 9.59 Å². The van der Waals surface area contributed by atoms with Crippen molar-refractivity contribution >= 4 is 34.9 Å². The number of amides is 3. The molecule has 1 aromatic rings. The Morgan fingerprint density at radius 3 is 2.68 bits per heavy atom. The first-order chi connectivity index (χ1) is 13.5. The Kier molecular flexibility index (Phi) is 6.41. The summed E-state index contributed by atoms with van der Waals surface area (Å²) in [6, 6.07) is 5.22. The van der Waals surface area contributed by atoms with Gasteiger partial charge >= 0.3 is 0 Å². The van der Waals surface area contributed by atoms with Crippen LogP contribution >= 0.6 is 11.8 Å². The van der Waals surface area contributed by atoms with Gasteiger partial charge in [0, 0.05) is 13.1 Å². The SMILES string of the molecule is C=CCOc1ccc(/C=C2\SC(=O)N(CC(=O)N3CCCC3)C2=O)cc1OC. The minimum absolute atomic E-state index is 0.188. The molecule has 2 heterocycles. The predicted octanol–water partition coefficient (Wildman–Crippen LogP) is 2.92. The number of carbonyl (C=O) groups excluding carboxylic acids is 3. The van der Waals surface area contributed by atoms with E-state index in [2.05, 4.69) is 6.58 Å². The Hall–Kier alpha value is -2.74. The van der Waals surface area contributed by atoms with Gasteiger partial charge in [0.2, 0.25) is 5.91 Å². The fourth-order valence-corrected chi connectivity index (χ4v) is 3.87. The lowest BCUT2D eigenvalue weighted by Gasteiger charge is -2.18. The van der Waals surface area contributed by atoms with Crippen molar-refractivity contribution < 1.29 is 23.9 Å². The Morgan fingerprint density at radius 1 is 1.25 bits per heavy atom. The van der Waals surface area contributed by atoms with Gasteiger partial charge in [-0.05, 0) is 48.4 Å². The average Bonchev–Trinajstić information content (AvgIpc) is 3.32. The molecule has 2 saturated heterocycles. The second-order valence-electron chi connectivity index (χ2n) is 6.37. The van der Waals surface area contributed by atoms with Crippen molar-refractivity contribution in [1.82, 2.24) is 9.80 Å². The first-order valence-corrected chi connectivity index (χ1v) is 9.80. The first kappa shape index (κ1) is 20.0. The number of nitrogens with zero attached hydrogens (tertiary/aromatic N) is 2. The van der Waals surface area contributed by atoms with Crippen LogP contribution < -0.4 is 9.47 Å². The molecule has 0 saturated carbocycles. The number of thioether (sulfide) groups is 1. The Balaban J connectivity index is 1.73. The van der Waals surface area contributed by atoms with E-state index in [1.54, 1.807) is 35.3 Å². The lowest BCUT2D eigenvalue weighted by molar-refractivity contribution is -0.135. The van der Waals surface area contributed by atoms with E-state index in [0.717, 1.165) is 29.5 Å². The van der Waals surface area contributed by atoms with Crippen LogP contribution in [0.5, 0.6) is 11.5 Å². The molecule has 0 aliphatic carbocycles. The third-order valence-electron chi connectivity index (χ3n) is 4.47. The number of methoxy groups -OCH3 is 1. The van der Waals surface area contributed by atoms with Crippen LogP contribution in [-0.4, -0.2) is 60.2 Å². The van der Waals surface area contributed by atoms with Gasteiger partial charge in [-0.3, -0.25) is 19.3 Å².